The van der Waals surface area contributed by atoms with Crippen LogP contribution >= 0.6 is 0 Å². The van der Waals surface area contributed by atoms with Crippen LogP contribution in [-0.2, 0) is 13.0 Å². The summed E-state index contributed by atoms with van der Waals surface area (Å²) in [6.07, 6.45) is 0.991. The van der Waals surface area contributed by atoms with Crippen LogP contribution in [0.1, 0.15) is 34.0 Å². The second kappa shape index (κ2) is 6.74. The lowest BCUT2D eigenvalue weighted by Gasteiger charge is -2.05. The van der Waals surface area contributed by atoms with Crippen molar-refractivity contribution < 1.29 is 4.79 Å². The van der Waals surface area contributed by atoms with Crippen molar-refractivity contribution in [3.63, 3.8) is 0 Å². The summed E-state index contributed by atoms with van der Waals surface area (Å²) in [7, 11) is 0. The van der Waals surface area contributed by atoms with Gasteiger partial charge in [-0.15, -0.1) is 10.2 Å². The fourth-order valence-electron chi connectivity index (χ4n) is 2.57. The van der Waals surface area contributed by atoms with E-state index in [9.17, 15) is 4.79 Å². The highest BCUT2D eigenvalue weighted by Gasteiger charge is 2.13. The second-order valence-corrected chi connectivity index (χ2v) is 5.94. The molecule has 0 saturated heterocycles. The fourth-order valence-corrected chi connectivity index (χ4v) is 2.57. The minimum absolute atomic E-state index is 0.0125. The van der Waals surface area contributed by atoms with Gasteiger partial charge >= 0.3 is 0 Å². The molecular weight excluding hydrogens is 300 g/mol. The zero-order valence-corrected chi connectivity index (χ0v) is 14.2. The third-order valence-electron chi connectivity index (χ3n) is 4.05. The highest BCUT2D eigenvalue weighted by molar-refractivity contribution is 5.97. The Hall–Kier alpha value is -2.82. The molecule has 24 heavy (non-hydrogen) atoms. The number of nitrogens with zero attached hydrogens (tertiary/aromatic N) is 4. The van der Waals surface area contributed by atoms with E-state index in [4.69, 9.17) is 0 Å². The molecular formula is C19H20N4O. The number of aromatic nitrogens is 4. The van der Waals surface area contributed by atoms with Crippen LogP contribution in [0.2, 0.25) is 0 Å². The van der Waals surface area contributed by atoms with Gasteiger partial charge in [-0.05, 0) is 42.7 Å². The van der Waals surface area contributed by atoms with Crippen LogP contribution in [0.5, 0.6) is 0 Å². The Labute approximate surface area is 141 Å². The van der Waals surface area contributed by atoms with Gasteiger partial charge in [0.25, 0.3) is 0 Å². The first-order chi connectivity index (χ1) is 11.6. The number of carbonyl (C=O) groups excluding carboxylic acids is 1. The molecule has 1 aromatic heterocycles. The van der Waals surface area contributed by atoms with Crippen molar-refractivity contribution in [3.8, 4) is 11.4 Å². The molecule has 0 saturated carbocycles. The summed E-state index contributed by atoms with van der Waals surface area (Å²) >= 11 is 0. The molecule has 0 unspecified atom stereocenters. The van der Waals surface area contributed by atoms with Crippen molar-refractivity contribution in [1.29, 1.82) is 0 Å². The normalized spacial score (nSPS) is 10.8. The van der Waals surface area contributed by atoms with Gasteiger partial charge in [-0.25, -0.2) is 0 Å². The number of carbonyl (C=O) groups is 1. The largest absolute Gasteiger partial charge is 0.292 e. The van der Waals surface area contributed by atoms with Crippen molar-refractivity contribution in [2.45, 2.75) is 33.7 Å². The van der Waals surface area contributed by atoms with E-state index in [1.165, 1.54) is 10.4 Å². The van der Waals surface area contributed by atoms with Crippen LogP contribution in [0.25, 0.3) is 11.4 Å². The zero-order valence-electron chi connectivity index (χ0n) is 14.2. The van der Waals surface area contributed by atoms with Crippen molar-refractivity contribution in [2.24, 2.45) is 0 Å². The third-order valence-corrected chi connectivity index (χ3v) is 4.05. The molecule has 0 aliphatic rings. The Balaban J connectivity index is 1.78. The Bertz CT molecular complexity index is 865. The maximum absolute atomic E-state index is 12.5. The van der Waals surface area contributed by atoms with Crippen molar-refractivity contribution in [2.75, 3.05) is 0 Å². The minimum atomic E-state index is -0.0125. The lowest BCUT2D eigenvalue weighted by molar-refractivity contribution is 0.0960. The predicted octanol–water partition coefficient (Wildman–Crippen LogP) is 3.40. The van der Waals surface area contributed by atoms with Gasteiger partial charge in [-0.2, -0.15) is 4.80 Å². The molecule has 1 heterocycles. The van der Waals surface area contributed by atoms with E-state index in [-0.39, 0.29) is 12.3 Å². The number of ketones is 1. The van der Waals surface area contributed by atoms with Gasteiger partial charge < -0.3 is 0 Å². The van der Waals surface area contributed by atoms with Crippen LogP contribution in [0.15, 0.2) is 42.5 Å². The predicted molar refractivity (Wildman–Crippen MR) is 92.9 cm³/mol. The smallest absolute Gasteiger partial charge is 0.204 e. The summed E-state index contributed by atoms with van der Waals surface area (Å²) < 4.78 is 0. The lowest BCUT2D eigenvalue weighted by atomic mass is 10.0. The topological polar surface area (TPSA) is 60.7 Å². The van der Waals surface area contributed by atoms with Gasteiger partial charge in [-0.1, -0.05) is 48.9 Å². The molecule has 2 aromatic carbocycles. The average molecular weight is 320 g/mol. The lowest BCUT2D eigenvalue weighted by Crippen LogP contribution is -2.14. The molecule has 0 fully saturated rings. The van der Waals surface area contributed by atoms with Crippen LogP contribution < -0.4 is 0 Å². The van der Waals surface area contributed by atoms with Crippen molar-refractivity contribution in [3.05, 3.63) is 64.7 Å². The molecule has 0 atom stereocenters. The minimum Gasteiger partial charge on any atom is -0.292 e. The van der Waals surface area contributed by atoms with E-state index in [1.807, 2.05) is 44.2 Å². The summed E-state index contributed by atoms with van der Waals surface area (Å²) in [5.74, 6) is 0.521. The number of rotatable bonds is 5. The SMILES string of the molecule is CCc1ccc(-c2nnn(CC(=O)c3cc(C)ccc3C)n2)cc1. The molecule has 122 valence electrons. The maximum Gasteiger partial charge on any atom is 0.204 e. The molecule has 3 rings (SSSR count). The molecule has 0 spiro atoms. The summed E-state index contributed by atoms with van der Waals surface area (Å²) in [5, 5.41) is 12.4. The van der Waals surface area contributed by atoms with E-state index in [2.05, 4.69) is 34.5 Å². The van der Waals surface area contributed by atoms with E-state index in [0.717, 1.165) is 23.1 Å². The van der Waals surface area contributed by atoms with Crippen LogP contribution in [-0.4, -0.2) is 26.0 Å². The Morgan fingerprint density at radius 1 is 1.08 bits per heavy atom. The summed E-state index contributed by atoms with van der Waals surface area (Å²) in [6, 6.07) is 13.9. The van der Waals surface area contributed by atoms with Crippen LogP contribution in [0, 0.1) is 13.8 Å². The van der Waals surface area contributed by atoms with E-state index < -0.39 is 0 Å². The second-order valence-electron chi connectivity index (χ2n) is 5.94. The maximum atomic E-state index is 12.5. The van der Waals surface area contributed by atoms with Gasteiger partial charge in [0.2, 0.25) is 5.82 Å². The van der Waals surface area contributed by atoms with Gasteiger partial charge in [0, 0.05) is 11.1 Å². The molecule has 3 aromatic rings. The van der Waals surface area contributed by atoms with Crippen molar-refractivity contribution in [1.82, 2.24) is 20.2 Å². The first-order valence-electron chi connectivity index (χ1n) is 8.04. The fraction of sp³-hybridized carbons (Fsp3) is 0.263. The Kier molecular flexibility index (Phi) is 4.51. The summed E-state index contributed by atoms with van der Waals surface area (Å²) in [6.45, 7) is 6.11. The van der Waals surface area contributed by atoms with Gasteiger partial charge in [0.1, 0.15) is 6.54 Å². The highest BCUT2D eigenvalue weighted by atomic mass is 16.1. The quantitative estimate of drug-likeness (QED) is 0.676. The average Bonchev–Trinajstić information content (AvgIpc) is 3.05. The van der Waals surface area contributed by atoms with Gasteiger partial charge in [0.05, 0.1) is 0 Å². The molecule has 0 aliphatic heterocycles. The molecule has 0 bridgehead atoms. The number of benzene rings is 2. The third kappa shape index (κ3) is 3.40. The molecule has 0 amide bonds. The van der Waals surface area contributed by atoms with E-state index in [1.54, 1.807) is 0 Å². The Morgan fingerprint density at radius 2 is 1.83 bits per heavy atom. The molecule has 0 N–H and O–H groups in total. The van der Waals surface area contributed by atoms with Crippen LogP contribution in [0.3, 0.4) is 0 Å². The number of aryl methyl sites for hydroxylation is 3. The summed E-state index contributed by atoms with van der Waals surface area (Å²) in [4.78, 5) is 13.8. The number of hydrogen-bond acceptors (Lipinski definition) is 4. The monoisotopic (exact) mass is 320 g/mol. The van der Waals surface area contributed by atoms with E-state index >= 15 is 0 Å². The standard InChI is InChI=1S/C19H20N4O/c1-4-15-7-9-16(10-8-15)19-20-22-23(21-19)12-18(24)17-11-13(2)5-6-14(17)3/h5-11H,4,12H2,1-3H3. The molecule has 5 heteroatoms. The first kappa shape index (κ1) is 16.1. The van der Waals surface area contributed by atoms with Gasteiger partial charge in [-0.3, -0.25) is 4.79 Å². The van der Waals surface area contributed by atoms with Crippen LogP contribution in [0.4, 0.5) is 0 Å². The number of Topliss-reactive ketones (excluding diaryl/α,β-unsaturated/α-hetero) is 1. The molecule has 0 radical (unpaired) electrons. The number of tetrazole rings is 1. The highest BCUT2D eigenvalue weighted by Crippen LogP contribution is 2.15. The Morgan fingerprint density at radius 3 is 2.54 bits per heavy atom. The molecule has 5 nitrogen and oxygen atoms in total. The van der Waals surface area contributed by atoms with E-state index in [0.29, 0.717) is 11.4 Å². The zero-order chi connectivity index (χ0) is 17.1. The van der Waals surface area contributed by atoms with Gasteiger partial charge in [0.15, 0.2) is 5.78 Å². The van der Waals surface area contributed by atoms with Crippen molar-refractivity contribution >= 4 is 5.78 Å². The molecule has 0 aliphatic carbocycles. The first-order valence-corrected chi connectivity index (χ1v) is 8.04. The summed E-state index contributed by atoms with van der Waals surface area (Å²) in [5.41, 5.74) is 4.89. The number of hydrogen-bond donors (Lipinski definition) is 0.